The first-order chi connectivity index (χ1) is 13.0. The average Bonchev–Trinajstić information content (AvgIpc) is 2.66. The molecule has 3 aromatic rings. The Kier molecular flexibility index (Phi) is 5.78. The first-order valence-electron chi connectivity index (χ1n) is 8.32. The van der Waals surface area contributed by atoms with Crippen molar-refractivity contribution in [1.29, 1.82) is 0 Å². The van der Waals surface area contributed by atoms with Crippen LogP contribution in [0.1, 0.15) is 28.4 Å². The Morgan fingerprint density at radius 2 is 2.04 bits per heavy atom. The maximum Gasteiger partial charge on any atom is 0.349 e. The van der Waals surface area contributed by atoms with Gasteiger partial charge in [-0.15, -0.1) is 0 Å². The fourth-order valence-electron chi connectivity index (χ4n) is 2.73. The van der Waals surface area contributed by atoms with Gasteiger partial charge in [0.25, 0.3) is 5.91 Å². The molecule has 0 aliphatic heterocycles. The van der Waals surface area contributed by atoms with Crippen molar-refractivity contribution in [1.82, 2.24) is 5.32 Å². The first-order valence-corrected chi connectivity index (χ1v) is 8.70. The standard InChI is InChI=1S/C20H18ClNO5/c1-26-17-7-3-5-13-11-15(20(25)27-18(13)17)19(24)22-9-8-16(23)12-4-2-6-14(21)10-12/h2-7,10-11,16,23H,8-9H2,1H3,(H,22,24). The van der Waals surface area contributed by atoms with Crippen LogP contribution in [0.4, 0.5) is 0 Å². The van der Waals surface area contributed by atoms with Gasteiger partial charge in [-0.3, -0.25) is 4.79 Å². The van der Waals surface area contributed by atoms with Crippen LogP contribution in [0.25, 0.3) is 11.0 Å². The van der Waals surface area contributed by atoms with E-state index in [1.807, 2.05) is 0 Å². The molecule has 0 bridgehead atoms. The topological polar surface area (TPSA) is 88.8 Å². The Bertz CT molecular complexity index is 1030. The van der Waals surface area contributed by atoms with E-state index < -0.39 is 17.6 Å². The third-order valence-corrected chi connectivity index (χ3v) is 4.36. The van der Waals surface area contributed by atoms with Crippen LogP contribution in [0, 0.1) is 0 Å². The van der Waals surface area contributed by atoms with Crippen molar-refractivity contribution in [2.45, 2.75) is 12.5 Å². The van der Waals surface area contributed by atoms with Crippen LogP contribution in [-0.4, -0.2) is 24.7 Å². The van der Waals surface area contributed by atoms with Gasteiger partial charge in [0.1, 0.15) is 5.56 Å². The molecule has 0 fully saturated rings. The molecule has 7 heteroatoms. The van der Waals surface area contributed by atoms with Gasteiger partial charge < -0.3 is 19.6 Å². The summed E-state index contributed by atoms with van der Waals surface area (Å²) < 4.78 is 10.4. The molecule has 2 aromatic carbocycles. The number of para-hydroxylation sites is 1. The molecule has 0 spiro atoms. The highest BCUT2D eigenvalue weighted by molar-refractivity contribution is 6.30. The summed E-state index contributed by atoms with van der Waals surface area (Å²) >= 11 is 5.91. The summed E-state index contributed by atoms with van der Waals surface area (Å²) in [6.07, 6.45) is -0.500. The zero-order valence-corrected chi connectivity index (χ0v) is 15.3. The number of fused-ring (bicyclic) bond motifs is 1. The number of aliphatic hydroxyl groups excluding tert-OH is 1. The molecule has 27 heavy (non-hydrogen) atoms. The van der Waals surface area contributed by atoms with E-state index in [4.69, 9.17) is 20.8 Å². The van der Waals surface area contributed by atoms with Crippen LogP contribution in [0.2, 0.25) is 5.02 Å². The predicted molar refractivity (Wildman–Crippen MR) is 102 cm³/mol. The van der Waals surface area contributed by atoms with Crippen LogP contribution < -0.4 is 15.7 Å². The Morgan fingerprint density at radius 3 is 2.78 bits per heavy atom. The van der Waals surface area contributed by atoms with Gasteiger partial charge in [-0.25, -0.2) is 4.79 Å². The van der Waals surface area contributed by atoms with Crippen molar-refractivity contribution in [3.63, 3.8) is 0 Å². The van der Waals surface area contributed by atoms with Crippen LogP contribution in [0.5, 0.6) is 5.75 Å². The highest BCUT2D eigenvalue weighted by atomic mass is 35.5. The molecule has 0 aliphatic carbocycles. The lowest BCUT2D eigenvalue weighted by atomic mass is 10.1. The van der Waals surface area contributed by atoms with Crippen molar-refractivity contribution >= 4 is 28.5 Å². The van der Waals surface area contributed by atoms with E-state index >= 15 is 0 Å². The Balaban J connectivity index is 1.69. The maximum atomic E-state index is 12.3. The molecule has 0 radical (unpaired) electrons. The lowest BCUT2D eigenvalue weighted by molar-refractivity contribution is 0.0939. The van der Waals surface area contributed by atoms with Crippen molar-refractivity contribution in [2.24, 2.45) is 0 Å². The average molecular weight is 388 g/mol. The molecule has 1 atom stereocenters. The van der Waals surface area contributed by atoms with Gasteiger partial charge in [0.05, 0.1) is 13.2 Å². The first kappa shape index (κ1) is 18.9. The minimum Gasteiger partial charge on any atom is -0.493 e. The van der Waals surface area contributed by atoms with Crippen LogP contribution >= 0.6 is 11.6 Å². The third-order valence-electron chi connectivity index (χ3n) is 4.13. The lowest BCUT2D eigenvalue weighted by Crippen LogP contribution is -2.29. The van der Waals surface area contributed by atoms with E-state index in [1.54, 1.807) is 42.5 Å². The van der Waals surface area contributed by atoms with Gasteiger partial charge in [0, 0.05) is 17.0 Å². The summed E-state index contributed by atoms with van der Waals surface area (Å²) in [6.45, 7) is 0.183. The molecule has 2 N–H and O–H groups in total. The van der Waals surface area contributed by atoms with Gasteiger partial charge in [0.2, 0.25) is 0 Å². The fourth-order valence-corrected chi connectivity index (χ4v) is 2.93. The second-order valence-corrected chi connectivity index (χ2v) is 6.38. The fraction of sp³-hybridized carbons (Fsp3) is 0.200. The summed E-state index contributed by atoms with van der Waals surface area (Å²) in [6, 6.07) is 13.5. The van der Waals surface area contributed by atoms with Crippen LogP contribution in [0.3, 0.4) is 0 Å². The number of carbonyl (C=O) groups excluding carboxylic acids is 1. The number of halogens is 1. The molecule has 6 nitrogen and oxygen atoms in total. The van der Waals surface area contributed by atoms with Crippen molar-refractivity contribution in [3.05, 3.63) is 75.1 Å². The molecular weight excluding hydrogens is 370 g/mol. The third kappa shape index (κ3) is 4.30. The van der Waals surface area contributed by atoms with E-state index in [0.29, 0.717) is 21.7 Å². The van der Waals surface area contributed by atoms with E-state index in [0.717, 1.165) is 0 Å². The zero-order chi connectivity index (χ0) is 19.4. The van der Waals surface area contributed by atoms with E-state index in [9.17, 15) is 14.7 Å². The molecule has 1 amide bonds. The quantitative estimate of drug-likeness (QED) is 0.633. The Morgan fingerprint density at radius 1 is 1.26 bits per heavy atom. The zero-order valence-electron chi connectivity index (χ0n) is 14.6. The molecule has 0 saturated heterocycles. The second-order valence-electron chi connectivity index (χ2n) is 5.94. The van der Waals surface area contributed by atoms with E-state index in [1.165, 1.54) is 13.2 Å². The summed E-state index contributed by atoms with van der Waals surface area (Å²) in [5.41, 5.74) is 0.0971. The number of benzene rings is 2. The molecule has 1 unspecified atom stereocenters. The number of nitrogens with one attached hydrogen (secondary N) is 1. The minimum absolute atomic E-state index is 0.104. The highest BCUT2D eigenvalue weighted by Gasteiger charge is 2.16. The smallest absolute Gasteiger partial charge is 0.349 e. The van der Waals surface area contributed by atoms with Gasteiger partial charge >= 0.3 is 5.63 Å². The largest absolute Gasteiger partial charge is 0.493 e. The van der Waals surface area contributed by atoms with Crippen LogP contribution in [0.15, 0.2) is 57.7 Å². The number of hydrogen-bond acceptors (Lipinski definition) is 5. The lowest BCUT2D eigenvalue weighted by Gasteiger charge is -2.12. The normalized spacial score (nSPS) is 12.0. The van der Waals surface area contributed by atoms with E-state index in [-0.39, 0.29) is 24.1 Å². The van der Waals surface area contributed by atoms with Gasteiger partial charge in [-0.1, -0.05) is 35.9 Å². The number of amides is 1. The number of methoxy groups -OCH3 is 1. The molecule has 0 aliphatic rings. The van der Waals surface area contributed by atoms with Gasteiger partial charge in [-0.2, -0.15) is 0 Å². The highest BCUT2D eigenvalue weighted by Crippen LogP contribution is 2.24. The summed E-state index contributed by atoms with van der Waals surface area (Å²) in [5, 5.41) is 13.9. The SMILES string of the molecule is COc1cccc2cc(C(=O)NCCC(O)c3cccc(Cl)c3)c(=O)oc12. The maximum absolute atomic E-state index is 12.3. The summed E-state index contributed by atoms with van der Waals surface area (Å²) in [4.78, 5) is 24.5. The molecule has 1 aromatic heterocycles. The molecule has 0 saturated carbocycles. The summed E-state index contributed by atoms with van der Waals surface area (Å²) in [7, 11) is 1.47. The van der Waals surface area contributed by atoms with Gasteiger partial charge in [0.15, 0.2) is 11.3 Å². The Hall–Kier alpha value is -2.83. The number of aliphatic hydroxyl groups is 1. The Labute approximate surface area is 160 Å². The second kappa shape index (κ2) is 8.24. The number of carbonyl (C=O) groups is 1. The van der Waals surface area contributed by atoms with Crippen molar-refractivity contribution < 1.29 is 19.1 Å². The minimum atomic E-state index is -0.777. The predicted octanol–water partition coefficient (Wildman–Crippen LogP) is 3.31. The molecule has 140 valence electrons. The molecule has 1 heterocycles. The summed E-state index contributed by atoms with van der Waals surface area (Å²) in [5.74, 6) is -0.145. The number of hydrogen-bond donors (Lipinski definition) is 2. The number of ether oxygens (including phenoxy) is 1. The monoisotopic (exact) mass is 387 g/mol. The van der Waals surface area contributed by atoms with Crippen molar-refractivity contribution in [3.8, 4) is 5.75 Å². The molecular formula is C20H18ClNO5. The van der Waals surface area contributed by atoms with Gasteiger partial charge in [-0.05, 0) is 36.2 Å². The van der Waals surface area contributed by atoms with Crippen LogP contribution in [-0.2, 0) is 0 Å². The number of rotatable bonds is 6. The van der Waals surface area contributed by atoms with Crippen molar-refractivity contribution in [2.75, 3.05) is 13.7 Å². The molecule has 3 rings (SSSR count). The van der Waals surface area contributed by atoms with E-state index in [2.05, 4.69) is 5.32 Å².